The topological polar surface area (TPSA) is 29.5 Å². The molecule has 1 aromatic heterocycles. The van der Waals surface area contributed by atoms with Crippen molar-refractivity contribution in [1.29, 1.82) is 0 Å². The lowest BCUT2D eigenvalue weighted by Gasteiger charge is -2.18. The van der Waals surface area contributed by atoms with Crippen LogP contribution in [0.5, 0.6) is 5.75 Å². The number of amides is 1. The fraction of sp³-hybridized carbons (Fsp3) is 0.214. The summed E-state index contributed by atoms with van der Waals surface area (Å²) < 4.78 is 5.20. The number of halogens is 1. The molecule has 3 nitrogen and oxygen atoms in total. The molecule has 5 heteroatoms. The van der Waals surface area contributed by atoms with Crippen LogP contribution in [-0.4, -0.2) is 25.0 Å². The molecule has 19 heavy (non-hydrogen) atoms. The van der Waals surface area contributed by atoms with Gasteiger partial charge in [-0.3, -0.25) is 4.79 Å². The van der Waals surface area contributed by atoms with Crippen LogP contribution in [0.1, 0.15) is 15.2 Å². The van der Waals surface area contributed by atoms with Gasteiger partial charge in [0.2, 0.25) is 0 Å². The van der Waals surface area contributed by atoms with E-state index in [4.69, 9.17) is 16.3 Å². The summed E-state index contributed by atoms with van der Waals surface area (Å²) in [4.78, 5) is 15.2. The number of rotatable bonds is 4. The van der Waals surface area contributed by atoms with Gasteiger partial charge in [0.1, 0.15) is 5.75 Å². The lowest BCUT2D eigenvalue weighted by Crippen LogP contribution is -2.26. The van der Waals surface area contributed by atoms with E-state index in [1.165, 1.54) is 0 Å². The minimum absolute atomic E-state index is 0.104. The zero-order chi connectivity index (χ0) is 13.8. The number of hydrogen-bond donors (Lipinski definition) is 0. The molecule has 0 saturated heterocycles. The normalized spacial score (nSPS) is 10.3. The van der Waals surface area contributed by atoms with Gasteiger partial charge in [-0.25, -0.2) is 0 Å². The first kappa shape index (κ1) is 13.9. The predicted octanol–water partition coefficient (Wildman–Crippen LogP) is 3.68. The standard InChI is InChI=1S/C14H14ClNO2S/c1-16(9-11-4-3-7-19-11)14(17)12-8-10(15)5-6-13(12)18-2/h3-8H,9H2,1-2H3. The van der Waals surface area contributed by atoms with E-state index in [1.807, 2.05) is 17.5 Å². The maximum Gasteiger partial charge on any atom is 0.257 e. The molecule has 2 rings (SSSR count). The Balaban J connectivity index is 2.21. The highest BCUT2D eigenvalue weighted by molar-refractivity contribution is 7.09. The van der Waals surface area contributed by atoms with E-state index in [2.05, 4.69) is 0 Å². The monoisotopic (exact) mass is 295 g/mol. The van der Waals surface area contributed by atoms with Crippen LogP contribution in [0.25, 0.3) is 0 Å². The van der Waals surface area contributed by atoms with Gasteiger partial charge < -0.3 is 9.64 Å². The van der Waals surface area contributed by atoms with Crippen molar-refractivity contribution in [3.8, 4) is 5.75 Å². The molecule has 1 heterocycles. The lowest BCUT2D eigenvalue weighted by atomic mass is 10.1. The van der Waals surface area contributed by atoms with E-state index in [9.17, 15) is 4.79 Å². The zero-order valence-corrected chi connectivity index (χ0v) is 12.3. The highest BCUT2D eigenvalue weighted by Gasteiger charge is 2.17. The number of carbonyl (C=O) groups is 1. The average Bonchev–Trinajstić information content (AvgIpc) is 2.90. The van der Waals surface area contributed by atoms with Crippen LogP contribution >= 0.6 is 22.9 Å². The number of benzene rings is 1. The second-order valence-corrected chi connectivity index (χ2v) is 5.55. The average molecular weight is 296 g/mol. The van der Waals surface area contributed by atoms with Gasteiger partial charge in [-0.05, 0) is 29.6 Å². The molecule has 0 bridgehead atoms. The third-order valence-electron chi connectivity index (χ3n) is 2.71. The van der Waals surface area contributed by atoms with Crippen molar-refractivity contribution in [2.75, 3.05) is 14.2 Å². The van der Waals surface area contributed by atoms with E-state index in [1.54, 1.807) is 48.6 Å². The van der Waals surface area contributed by atoms with Gasteiger partial charge in [-0.1, -0.05) is 17.7 Å². The third kappa shape index (κ3) is 3.28. The van der Waals surface area contributed by atoms with Crippen molar-refractivity contribution in [2.45, 2.75) is 6.54 Å². The Bertz CT molecular complexity index is 569. The van der Waals surface area contributed by atoms with Gasteiger partial charge in [0.05, 0.1) is 19.2 Å². The van der Waals surface area contributed by atoms with Crippen molar-refractivity contribution in [1.82, 2.24) is 4.90 Å². The summed E-state index contributed by atoms with van der Waals surface area (Å²) in [7, 11) is 3.31. The first-order valence-electron chi connectivity index (χ1n) is 5.73. The molecule has 0 N–H and O–H groups in total. The Kier molecular flexibility index (Phi) is 4.45. The molecular weight excluding hydrogens is 282 g/mol. The fourth-order valence-corrected chi connectivity index (χ4v) is 2.69. The van der Waals surface area contributed by atoms with E-state index < -0.39 is 0 Å². The van der Waals surface area contributed by atoms with Crippen LogP contribution in [-0.2, 0) is 6.54 Å². The third-order valence-corrected chi connectivity index (χ3v) is 3.81. The molecule has 0 aliphatic carbocycles. The van der Waals surface area contributed by atoms with Crippen molar-refractivity contribution in [3.63, 3.8) is 0 Å². The Morgan fingerprint density at radius 3 is 2.84 bits per heavy atom. The van der Waals surface area contributed by atoms with Crippen molar-refractivity contribution >= 4 is 28.8 Å². The Morgan fingerprint density at radius 2 is 2.21 bits per heavy atom. The van der Waals surface area contributed by atoms with Crippen LogP contribution in [0.2, 0.25) is 5.02 Å². The van der Waals surface area contributed by atoms with E-state index >= 15 is 0 Å². The first-order chi connectivity index (χ1) is 9.11. The molecule has 0 aliphatic rings. The van der Waals surface area contributed by atoms with Gasteiger partial charge in [0, 0.05) is 16.9 Å². The summed E-state index contributed by atoms with van der Waals surface area (Å²) in [5, 5.41) is 2.52. The van der Waals surface area contributed by atoms with Crippen LogP contribution in [0.3, 0.4) is 0 Å². The zero-order valence-electron chi connectivity index (χ0n) is 10.7. The second-order valence-electron chi connectivity index (χ2n) is 4.09. The van der Waals surface area contributed by atoms with Crippen LogP contribution in [0.4, 0.5) is 0 Å². The van der Waals surface area contributed by atoms with Gasteiger partial charge in [-0.2, -0.15) is 0 Å². The van der Waals surface area contributed by atoms with Crippen LogP contribution < -0.4 is 4.74 Å². The summed E-state index contributed by atoms with van der Waals surface area (Å²) in [5.74, 6) is 0.431. The molecule has 0 radical (unpaired) electrons. The number of carbonyl (C=O) groups excluding carboxylic acids is 1. The molecular formula is C14H14ClNO2S. The number of thiophene rings is 1. The predicted molar refractivity (Wildman–Crippen MR) is 78.1 cm³/mol. The van der Waals surface area contributed by atoms with E-state index in [0.29, 0.717) is 22.9 Å². The first-order valence-corrected chi connectivity index (χ1v) is 6.99. The van der Waals surface area contributed by atoms with Crippen molar-refractivity contribution in [2.24, 2.45) is 0 Å². The quantitative estimate of drug-likeness (QED) is 0.861. The van der Waals surface area contributed by atoms with Crippen LogP contribution in [0, 0.1) is 0 Å². The molecule has 0 unspecified atom stereocenters. The molecule has 0 aliphatic heterocycles. The lowest BCUT2D eigenvalue weighted by molar-refractivity contribution is 0.0783. The summed E-state index contributed by atoms with van der Waals surface area (Å²) in [6.07, 6.45) is 0. The fourth-order valence-electron chi connectivity index (χ4n) is 1.76. The molecule has 1 amide bonds. The summed E-state index contributed by atoms with van der Waals surface area (Å²) in [5.41, 5.74) is 0.481. The molecule has 0 atom stereocenters. The van der Waals surface area contributed by atoms with Crippen molar-refractivity contribution < 1.29 is 9.53 Å². The highest BCUT2D eigenvalue weighted by atomic mass is 35.5. The van der Waals surface area contributed by atoms with Gasteiger partial charge in [0.15, 0.2) is 0 Å². The van der Waals surface area contributed by atoms with Gasteiger partial charge in [0.25, 0.3) is 5.91 Å². The molecule has 0 fully saturated rings. The molecule has 0 saturated carbocycles. The summed E-state index contributed by atoms with van der Waals surface area (Å²) in [6, 6.07) is 9.01. The largest absolute Gasteiger partial charge is 0.496 e. The van der Waals surface area contributed by atoms with E-state index in [-0.39, 0.29) is 5.91 Å². The number of hydrogen-bond acceptors (Lipinski definition) is 3. The Morgan fingerprint density at radius 1 is 1.42 bits per heavy atom. The maximum atomic E-state index is 12.4. The molecule has 1 aromatic carbocycles. The minimum atomic E-state index is -0.104. The molecule has 2 aromatic rings. The SMILES string of the molecule is COc1ccc(Cl)cc1C(=O)N(C)Cc1cccs1. The number of ether oxygens (including phenoxy) is 1. The van der Waals surface area contributed by atoms with Crippen molar-refractivity contribution in [3.05, 3.63) is 51.2 Å². The maximum absolute atomic E-state index is 12.4. The summed E-state index contributed by atoms with van der Waals surface area (Å²) in [6.45, 7) is 0.576. The number of nitrogens with zero attached hydrogens (tertiary/aromatic N) is 1. The van der Waals surface area contributed by atoms with Crippen LogP contribution in [0.15, 0.2) is 35.7 Å². The Labute approximate surface area is 121 Å². The highest BCUT2D eigenvalue weighted by Crippen LogP contribution is 2.24. The minimum Gasteiger partial charge on any atom is -0.496 e. The summed E-state index contributed by atoms with van der Waals surface area (Å²) >= 11 is 7.57. The van der Waals surface area contributed by atoms with Gasteiger partial charge in [-0.15, -0.1) is 11.3 Å². The van der Waals surface area contributed by atoms with Gasteiger partial charge >= 0.3 is 0 Å². The Hall–Kier alpha value is -1.52. The molecule has 100 valence electrons. The number of methoxy groups -OCH3 is 1. The second kappa shape index (κ2) is 6.08. The molecule has 0 spiro atoms. The van der Waals surface area contributed by atoms with E-state index in [0.717, 1.165) is 4.88 Å². The smallest absolute Gasteiger partial charge is 0.257 e.